The van der Waals surface area contributed by atoms with Gasteiger partial charge in [0, 0.05) is 6.04 Å². The van der Waals surface area contributed by atoms with Crippen molar-refractivity contribution in [3.05, 3.63) is 11.6 Å². The van der Waals surface area contributed by atoms with Crippen LogP contribution in [0, 0.1) is 5.92 Å². The molecule has 0 aromatic heterocycles. The lowest BCUT2D eigenvalue weighted by molar-refractivity contribution is 0.497. The molecule has 0 saturated heterocycles. The third-order valence-electron chi connectivity index (χ3n) is 1.56. The van der Waals surface area contributed by atoms with Crippen LogP contribution >= 0.6 is 0 Å². The van der Waals surface area contributed by atoms with E-state index in [9.17, 15) is 0 Å². The first-order valence-corrected chi connectivity index (χ1v) is 3.90. The highest BCUT2D eigenvalue weighted by Crippen LogP contribution is 2.04. The van der Waals surface area contributed by atoms with Crippen LogP contribution in [0.15, 0.2) is 11.6 Å². The maximum atomic E-state index is 3.26. The Morgan fingerprint density at radius 1 is 1.30 bits per heavy atom. The minimum atomic E-state index is 0.532. The minimum absolute atomic E-state index is 0.532. The Balaban J connectivity index is 3.96. The van der Waals surface area contributed by atoms with E-state index in [2.05, 4.69) is 39.1 Å². The predicted octanol–water partition coefficient (Wildman–Crippen LogP) is 2.20. The topological polar surface area (TPSA) is 12.0 Å². The van der Waals surface area contributed by atoms with Gasteiger partial charge in [0.1, 0.15) is 0 Å². The van der Waals surface area contributed by atoms with Gasteiger partial charge in [-0.15, -0.1) is 0 Å². The number of allylic oxidation sites excluding steroid dienone is 1. The van der Waals surface area contributed by atoms with Gasteiger partial charge in [-0.1, -0.05) is 25.5 Å². The van der Waals surface area contributed by atoms with E-state index in [-0.39, 0.29) is 0 Å². The second-order valence-corrected chi connectivity index (χ2v) is 3.30. The van der Waals surface area contributed by atoms with E-state index < -0.39 is 0 Å². The monoisotopic (exact) mass is 141 g/mol. The van der Waals surface area contributed by atoms with Crippen LogP contribution in [-0.2, 0) is 0 Å². The summed E-state index contributed by atoms with van der Waals surface area (Å²) in [6.45, 7) is 8.71. The van der Waals surface area contributed by atoms with E-state index in [1.165, 1.54) is 5.57 Å². The molecule has 0 aliphatic heterocycles. The first-order valence-electron chi connectivity index (χ1n) is 3.90. The van der Waals surface area contributed by atoms with Gasteiger partial charge >= 0.3 is 0 Å². The molecule has 1 heteroatoms. The van der Waals surface area contributed by atoms with Gasteiger partial charge in [0.25, 0.3) is 0 Å². The number of rotatable bonds is 3. The fraction of sp³-hybridized carbons (Fsp3) is 0.778. The van der Waals surface area contributed by atoms with Crippen LogP contribution < -0.4 is 5.32 Å². The molecular formula is C9H19N. The maximum Gasteiger partial charge on any atom is 0.0272 e. The molecule has 1 nitrogen and oxygen atoms in total. The average Bonchev–Trinajstić information content (AvgIpc) is 1.81. The molecule has 1 atom stereocenters. The highest BCUT2D eigenvalue weighted by molar-refractivity contribution is 5.01. The van der Waals surface area contributed by atoms with E-state index in [4.69, 9.17) is 0 Å². The molecule has 0 aliphatic carbocycles. The molecule has 0 bridgehead atoms. The van der Waals surface area contributed by atoms with Gasteiger partial charge in [-0.3, -0.25) is 0 Å². The predicted molar refractivity (Wildman–Crippen MR) is 47.1 cm³/mol. The molecule has 0 radical (unpaired) electrons. The second-order valence-electron chi connectivity index (χ2n) is 3.30. The Morgan fingerprint density at radius 3 is 1.90 bits per heavy atom. The van der Waals surface area contributed by atoms with Crippen molar-refractivity contribution in [1.29, 1.82) is 0 Å². The summed E-state index contributed by atoms with van der Waals surface area (Å²) in [7, 11) is 2.00. The van der Waals surface area contributed by atoms with Gasteiger partial charge in [0.2, 0.25) is 0 Å². The molecule has 0 heterocycles. The summed E-state index contributed by atoms with van der Waals surface area (Å²) in [6.07, 6.45) is 2.27. The van der Waals surface area contributed by atoms with Crippen molar-refractivity contribution in [3.63, 3.8) is 0 Å². The van der Waals surface area contributed by atoms with Crippen LogP contribution in [0.5, 0.6) is 0 Å². The summed E-state index contributed by atoms with van der Waals surface area (Å²) < 4.78 is 0. The highest BCUT2D eigenvalue weighted by Gasteiger charge is 2.05. The van der Waals surface area contributed by atoms with Crippen LogP contribution in [0.1, 0.15) is 27.7 Å². The number of hydrogen-bond donors (Lipinski definition) is 1. The smallest absolute Gasteiger partial charge is 0.0272 e. The first-order chi connectivity index (χ1) is 4.57. The van der Waals surface area contributed by atoms with Gasteiger partial charge in [-0.2, -0.15) is 0 Å². The molecule has 0 aliphatic rings. The molecule has 0 aromatic carbocycles. The zero-order valence-electron chi connectivity index (χ0n) is 7.73. The van der Waals surface area contributed by atoms with E-state index in [0.29, 0.717) is 12.0 Å². The fourth-order valence-electron chi connectivity index (χ4n) is 0.968. The molecule has 0 saturated carbocycles. The molecule has 0 amide bonds. The quantitative estimate of drug-likeness (QED) is 0.594. The van der Waals surface area contributed by atoms with E-state index >= 15 is 0 Å². The second kappa shape index (κ2) is 4.51. The SMILES string of the molecule is CNC(C=C(C)C)C(C)C. The summed E-state index contributed by atoms with van der Waals surface area (Å²) in [4.78, 5) is 0. The molecule has 10 heavy (non-hydrogen) atoms. The van der Waals surface area contributed by atoms with Crippen molar-refractivity contribution >= 4 is 0 Å². The number of nitrogens with one attached hydrogen (secondary N) is 1. The van der Waals surface area contributed by atoms with Crippen LogP contribution in [0.25, 0.3) is 0 Å². The van der Waals surface area contributed by atoms with Gasteiger partial charge in [-0.25, -0.2) is 0 Å². The highest BCUT2D eigenvalue weighted by atomic mass is 14.9. The van der Waals surface area contributed by atoms with Crippen LogP contribution in [0.2, 0.25) is 0 Å². The molecule has 1 unspecified atom stereocenters. The molecule has 0 fully saturated rings. The molecule has 0 rings (SSSR count). The summed E-state index contributed by atoms with van der Waals surface area (Å²) in [5.74, 6) is 0.680. The zero-order chi connectivity index (χ0) is 8.15. The normalized spacial score (nSPS) is 13.4. The molecule has 60 valence electrons. The van der Waals surface area contributed by atoms with Gasteiger partial charge in [0.05, 0.1) is 0 Å². The lowest BCUT2D eigenvalue weighted by atomic mass is 10.0. The Bertz CT molecular complexity index is 110. The number of hydrogen-bond acceptors (Lipinski definition) is 1. The summed E-state index contributed by atoms with van der Waals surface area (Å²) in [6, 6.07) is 0.532. The van der Waals surface area contributed by atoms with Crippen molar-refractivity contribution in [2.45, 2.75) is 33.7 Å². The average molecular weight is 141 g/mol. The van der Waals surface area contributed by atoms with Crippen LogP contribution in [-0.4, -0.2) is 13.1 Å². The lowest BCUT2D eigenvalue weighted by Gasteiger charge is -2.16. The fourth-order valence-corrected chi connectivity index (χ4v) is 0.968. The minimum Gasteiger partial charge on any atom is -0.313 e. The Labute approximate surface area is 64.5 Å². The zero-order valence-corrected chi connectivity index (χ0v) is 7.73. The summed E-state index contributed by atoms with van der Waals surface area (Å²) >= 11 is 0. The summed E-state index contributed by atoms with van der Waals surface area (Å²) in [5, 5.41) is 3.26. The molecule has 1 N–H and O–H groups in total. The summed E-state index contributed by atoms with van der Waals surface area (Å²) in [5.41, 5.74) is 1.38. The Hall–Kier alpha value is -0.300. The van der Waals surface area contributed by atoms with E-state index in [1.54, 1.807) is 0 Å². The van der Waals surface area contributed by atoms with Gasteiger partial charge in [0.15, 0.2) is 0 Å². The third kappa shape index (κ3) is 3.67. The number of likely N-dealkylation sites (N-methyl/N-ethyl adjacent to an activating group) is 1. The largest absolute Gasteiger partial charge is 0.313 e. The Kier molecular flexibility index (Phi) is 4.37. The van der Waals surface area contributed by atoms with Crippen molar-refractivity contribution < 1.29 is 0 Å². The van der Waals surface area contributed by atoms with Crippen molar-refractivity contribution in [3.8, 4) is 0 Å². The molecule has 0 aromatic rings. The van der Waals surface area contributed by atoms with Crippen LogP contribution in [0.4, 0.5) is 0 Å². The standard InChI is InChI=1S/C9H19N/c1-7(2)6-9(10-5)8(3)4/h6,8-10H,1-5H3. The van der Waals surface area contributed by atoms with Gasteiger partial charge in [-0.05, 0) is 26.8 Å². The van der Waals surface area contributed by atoms with Crippen molar-refractivity contribution in [2.75, 3.05) is 7.05 Å². The third-order valence-corrected chi connectivity index (χ3v) is 1.56. The van der Waals surface area contributed by atoms with E-state index in [0.717, 1.165) is 0 Å². The van der Waals surface area contributed by atoms with Crippen molar-refractivity contribution in [1.82, 2.24) is 5.32 Å². The van der Waals surface area contributed by atoms with Crippen LogP contribution in [0.3, 0.4) is 0 Å². The first kappa shape index (κ1) is 9.70. The van der Waals surface area contributed by atoms with Gasteiger partial charge < -0.3 is 5.32 Å². The molecule has 0 spiro atoms. The Morgan fingerprint density at radius 2 is 1.80 bits per heavy atom. The lowest BCUT2D eigenvalue weighted by Crippen LogP contribution is -2.28. The van der Waals surface area contributed by atoms with E-state index in [1.807, 2.05) is 7.05 Å². The maximum absolute atomic E-state index is 3.26. The molecular weight excluding hydrogens is 122 g/mol. The van der Waals surface area contributed by atoms with Crippen molar-refractivity contribution in [2.24, 2.45) is 5.92 Å².